The zero-order chi connectivity index (χ0) is 15.2. The van der Waals surface area contributed by atoms with E-state index in [4.69, 9.17) is 4.74 Å². The fourth-order valence-electron chi connectivity index (χ4n) is 1.59. The predicted molar refractivity (Wildman–Crippen MR) is 79.9 cm³/mol. The average molecular weight is 277 g/mol. The number of allylic oxidation sites excluding steroid dienone is 1. The number of carboxylic acid groups (broad SMARTS) is 1. The number of carboxylic acids is 1. The largest absolute Gasteiger partial charge is 0.497 e. The Labute approximate surface area is 120 Å². The zero-order valence-corrected chi connectivity index (χ0v) is 12.5. The van der Waals surface area contributed by atoms with Gasteiger partial charge >= 0.3 is 5.97 Å². The highest BCUT2D eigenvalue weighted by atomic mass is 16.5. The maximum Gasteiger partial charge on any atom is 0.324 e. The normalized spacial score (nSPS) is 13.4. The minimum atomic E-state index is -0.876. The van der Waals surface area contributed by atoms with Crippen molar-refractivity contribution in [2.75, 3.05) is 7.11 Å². The molecule has 0 spiro atoms. The molecule has 110 valence electrons. The number of rotatable bonds is 6. The Balaban J connectivity index is 2.62. The third-order valence-corrected chi connectivity index (χ3v) is 2.74. The van der Waals surface area contributed by atoms with Gasteiger partial charge in [0.15, 0.2) is 0 Å². The maximum atomic E-state index is 11.2. The quantitative estimate of drug-likeness (QED) is 0.785. The van der Waals surface area contributed by atoms with E-state index in [0.29, 0.717) is 6.54 Å². The van der Waals surface area contributed by atoms with Crippen LogP contribution in [-0.2, 0) is 11.3 Å². The highest BCUT2D eigenvalue weighted by molar-refractivity contribution is 5.75. The molecule has 1 aromatic rings. The van der Waals surface area contributed by atoms with Gasteiger partial charge < -0.3 is 9.84 Å². The van der Waals surface area contributed by atoms with Crippen molar-refractivity contribution in [3.63, 3.8) is 0 Å². The first-order valence-electron chi connectivity index (χ1n) is 6.60. The Morgan fingerprint density at radius 3 is 2.40 bits per heavy atom. The van der Waals surface area contributed by atoms with Gasteiger partial charge in [0, 0.05) is 6.54 Å². The molecule has 4 heteroatoms. The second kappa shape index (κ2) is 7.10. The van der Waals surface area contributed by atoms with Crippen LogP contribution >= 0.6 is 0 Å². The molecule has 0 bridgehead atoms. The summed E-state index contributed by atoms with van der Waals surface area (Å²) < 4.78 is 5.08. The van der Waals surface area contributed by atoms with Gasteiger partial charge in [-0.1, -0.05) is 45.1 Å². The summed E-state index contributed by atoms with van der Waals surface area (Å²) in [6.07, 6.45) is 3.61. The Bertz CT molecular complexity index is 458. The van der Waals surface area contributed by atoms with Gasteiger partial charge in [0.25, 0.3) is 0 Å². The third kappa shape index (κ3) is 5.89. The van der Waals surface area contributed by atoms with E-state index in [1.807, 2.05) is 51.1 Å². The summed E-state index contributed by atoms with van der Waals surface area (Å²) in [5.74, 6) is -0.0878. The number of carbonyl (C=O) groups is 1. The van der Waals surface area contributed by atoms with E-state index in [2.05, 4.69) is 5.32 Å². The molecule has 4 nitrogen and oxygen atoms in total. The first-order valence-corrected chi connectivity index (χ1v) is 6.60. The summed E-state index contributed by atoms with van der Waals surface area (Å²) in [5, 5.41) is 12.2. The summed E-state index contributed by atoms with van der Waals surface area (Å²) in [4.78, 5) is 11.2. The van der Waals surface area contributed by atoms with E-state index in [-0.39, 0.29) is 5.41 Å². The molecule has 20 heavy (non-hydrogen) atoms. The van der Waals surface area contributed by atoms with Gasteiger partial charge in [0.2, 0.25) is 0 Å². The topological polar surface area (TPSA) is 58.6 Å². The molecule has 0 aromatic heterocycles. The van der Waals surface area contributed by atoms with Gasteiger partial charge in [-0.2, -0.15) is 0 Å². The fourth-order valence-corrected chi connectivity index (χ4v) is 1.59. The smallest absolute Gasteiger partial charge is 0.324 e. The van der Waals surface area contributed by atoms with Crippen molar-refractivity contribution < 1.29 is 14.6 Å². The van der Waals surface area contributed by atoms with E-state index >= 15 is 0 Å². The Kier molecular flexibility index (Phi) is 5.77. The summed E-state index contributed by atoms with van der Waals surface area (Å²) in [6, 6.07) is 6.86. The molecule has 0 aliphatic heterocycles. The molecule has 0 saturated carbocycles. The summed E-state index contributed by atoms with van der Waals surface area (Å²) in [7, 11) is 1.62. The molecule has 1 unspecified atom stereocenters. The zero-order valence-electron chi connectivity index (χ0n) is 12.5. The van der Waals surface area contributed by atoms with Crippen LogP contribution in [0, 0.1) is 5.41 Å². The minimum Gasteiger partial charge on any atom is -0.497 e. The second-order valence-corrected chi connectivity index (χ2v) is 5.77. The van der Waals surface area contributed by atoms with Crippen LogP contribution in [0.4, 0.5) is 0 Å². The lowest BCUT2D eigenvalue weighted by Crippen LogP contribution is -2.34. The SMILES string of the molecule is COc1ccc(CNC(C=CC(C)(C)C)C(=O)O)cc1. The van der Waals surface area contributed by atoms with Crippen LogP contribution in [0.3, 0.4) is 0 Å². The highest BCUT2D eigenvalue weighted by Crippen LogP contribution is 2.15. The molecule has 2 N–H and O–H groups in total. The van der Waals surface area contributed by atoms with Crippen LogP contribution in [0.25, 0.3) is 0 Å². The highest BCUT2D eigenvalue weighted by Gasteiger charge is 2.14. The second-order valence-electron chi connectivity index (χ2n) is 5.77. The molecule has 0 fully saturated rings. The van der Waals surface area contributed by atoms with Gasteiger partial charge in [-0.05, 0) is 23.1 Å². The van der Waals surface area contributed by atoms with E-state index in [9.17, 15) is 9.90 Å². The molecule has 0 heterocycles. The van der Waals surface area contributed by atoms with Crippen LogP contribution < -0.4 is 10.1 Å². The summed E-state index contributed by atoms with van der Waals surface area (Å²) in [6.45, 7) is 6.60. The van der Waals surface area contributed by atoms with Crippen LogP contribution in [0.5, 0.6) is 5.75 Å². The number of hydrogen-bond acceptors (Lipinski definition) is 3. The molecule has 1 rings (SSSR count). The Morgan fingerprint density at radius 2 is 1.95 bits per heavy atom. The van der Waals surface area contributed by atoms with Crippen LogP contribution in [0.15, 0.2) is 36.4 Å². The maximum absolute atomic E-state index is 11.2. The van der Waals surface area contributed by atoms with Gasteiger partial charge in [0.1, 0.15) is 11.8 Å². The standard InChI is InChI=1S/C16H23NO3/c1-16(2,3)10-9-14(15(18)19)17-11-12-5-7-13(20-4)8-6-12/h5-10,14,17H,11H2,1-4H3,(H,18,19). The predicted octanol–water partition coefficient (Wildman–Crippen LogP) is 2.84. The van der Waals surface area contributed by atoms with Crippen molar-refractivity contribution in [2.24, 2.45) is 5.41 Å². The molecule has 0 aliphatic carbocycles. The lowest BCUT2D eigenvalue weighted by molar-refractivity contribution is -0.138. The number of methoxy groups -OCH3 is 1. The summed E-state index contributed by atoms with van der Waals surface area (Å²) >= 11 is 0. The van der Waals surface area contributed by atoms with Crippen molar-refractivity contribution in [1.82, 2.24) is 5.32 Å². The van der Waals surface area contributed by atoms with Crippen molar-refractivity contribution in [3.8, 4) is 5.75 Å². The molecular weight excluding hydrogens is 254 g/mol. The summed E-state index contributed by atoms with van der Waals surface area (Å²) in [5.41, 5.74) is 0.983. The number of nitrogens with one attached hydrogen (secondary N) is 1. The molecule has 0 amide bonds. The lowest BCUT2D eigenvalue weighted by atomic mass is 9.95. The Morgan fingerprint density at radius 1 is 1.35 bits per heavy atom. The van der Waals surface area contributed by atoms with Crippen molar-refractivity contribution in [1.29, 1.82) is 0 Å². The number of ether oxygens (including phenoxy) is 1. The minimum absolute atomic E-state index is 0.0322. The van der Waals surface area contributed by atoms with E-state index < -0.39 is 12.0 Å². The first kappa shape index (κ1) is 16.2. The van der Waals surface area contributed by atoms with Crippen LogP contribution in [-0.4, -0.2) is 24.2 Å². The number of aliphatic carboxylic acids is 1. The molecule has 0 aliphatic rings. The first-order chi connectivity index (χ1) is 9.31. The molecule has 1 aromatic carbocycles. The third-order valence-electron chi connectivity index (χ3n) is 2.74. The van der Waals surface area contributed by atoms with E-state index in [1.54, 1.807) is 13.2 Å². The molecule has 0 saturated heterocycles. The van der Waals surface area contributed by atoms with Crippen LogP contribution in [0.2, 0.25) is 0 Å². The fraction of sp³-hybridized carbons (Fsp3) is 0.438. The van der Waals surface area contributed by atoms with Crippen molar-refractivity contribution in [3.05, 3.63) is 42.0 Å². The van der Waals surface area contributed by atoms with Gasteiger partial charge in [-0.15, -0.1) is 0 Å². The average Bonchev–Trinajstić information content (AvgIpc) is 2.37. The number of benzene rings is 1. The number of hydrogen-bond donors (Lipinski definition) is 2. The van der Waals surface area contributed by atoms with Crippen LogP contribution in [0.1, 0.15) is 26.3 Å². The van der Waals surface area contributed by atoms with Gasteiger partial charge in [-0.25, -0.2) is 0 Å². The van der Waals surface area contributed by atoms with E-state index in [0.717, 1.165) is 11.3 Å². The van der Waals surface area contributed by atoms with E-state index in [1.165, 1.54) is 0 Å². The monoisotopic (exact) mass is 277 g/mol. The van der Waals surface area contributed by atoms with Gasteiger partial charge in [-0.3, -0.25) is 10.1 Å². The molecular formula is C16H23NO3. The van der Waals surface area contributed by atoms with Crippen molar-refractivity contribution >= 4 is 5.97 Å². The molecule has 1 atom stereocenters. The van der Waals surface area contributed by atoms with Gasteiger partial charge in [0.05, 0.1) is 7.11 Å². The molecule has 0 radical (unpaired) electrons. The lowest BCUT2D eigenvalue weighted by Gasteiger charge is -2.15. The Hall–Kier alpha value is -1.81. The van der Waals surface area contributed by atoms with Crippen molar-refractivity contribution in [2.45, 2.75) is 33.4 Å².